The molecule has 0 saturated heterocycles. The summed E-state index contributed by atoms with van der Waals surface area (Å²) in [6.45, 7) is 0. The Hall–Kier alpha value is -6.68. The molecule has 10 heteroatoms. The minimum atomic E-state index is 0.623. The molecule has 0 amide bonds. The first-order valence-electron chi connectivity index (χ1n) is 14.7. The lowest BCUT2D eigenvalue weighted by molar-refractivity contribution is 0.984. The van der Waals surface area contributed by atoms with Crippen LogP contribution in [0.5, 0.6) is 0 Å². The standard InChI is InChI=1S/C36H20N10/c1-2-6-21(7-3-1)26-20-43-35-31(44-26)25-11-5-9-23-22-8-4-10-24-30-34(42-17-16-41-30)45(32(22)24)36(46(35)33(23)25)29(27-18-37-12-14-39-27)28-19-38-13-15-40-28/h1-20H. The number of nitrogens with zero attached hydrogens (tertiary/aromatic N) is 10. The molecule has 7 heterocycles. The Bertz CT molecular complexity index is 2800. The Morgan fingerprint density at radius 1 is 0.478 bits per heavy atom. The molecule has 214 valence electrons. The highest BCUT2D eigenvalue weighted by Gasteiger charge is 2.24. The van der Waals surface area contributed by atoms with Gasteiger partial charge in [0.2, 0.25) is 0 Å². The monoisotopic (exact) mass is 592 g/mol. The Balaban J connectivity index is 1.60. The van der Waals surface area contributed by atoms with Gasteiger partial charge in [-0.15, -0.1) is 0 Å². The second-order valence-corrected chi connectivity index (χ2v) is 11.0. The van der Waals surface area contributed by atoms with Crippen LogP contribution in [0.25, 0.3) is 71.7 Å². The lowest BCUT2D eigenvalue weighted by atomic mass is 10.1. The second kappa shape index (κ2) is 9.41. The first kappa shape index (κ1) is 24.7. The van der Waals surface area contributed by atoms with E-state index in [1.807, 2.05) is 36.5 Å². The van der Waals surface area contributed by atoms with Gasteiger partial charge in [0, 0.05) is 64.3 Å². The Morgan fingerprint density at radius 3 is 1.72 bits per heavy atom. The maximum atomic E-state index is 5.24. The van der Waals surface area contributed by atoms with Gasteiger partial charge in [-0.3, -0.25) is 33.7 Å². The smallest absolute Gasteiger partial charge is 0.165 e. The van der Waals surface area contributed by atoms with Crippen molar-refractivity contribution in [3.63, 3.8) is 0 Å². The number of fused-ring (bicyclic) bond motifs is 7. The van der Waals surface area contributed by atoms with Crippen molar-refractivity contribution in [3.05, 3.63) is 139 Å². The zero-order valence-electron chi connectivity index (χ0n) is 24.0. The van der Waals surface area contributed by atoms with Crippen LogP contribution in [-0.2, 0) is 0 Å². The van der Waals surface area contributed by atoms with E-state index in [4.69, 9.17) is 29.9 Å². The van der Waals surface area contributed by atoms with Crippen LogP contribution >= 0.6 is 0 Å². The average molecular weight is 593 g/mol. The molecule has 0 aliphatic heterocycles. The van der Waals surface area contributed by atoms with E-state index in [-0.39, 0.29) is 0 Å². The van der Waals surface area contributed by atoms with Crippen molar-refractivity contribution in [3.8, 4) is 11.3 Å². The summed E-state index contributed by atoms with van der Waals surface area (Å²) in [5.74, 6) is 0. The largest absolute Gasteiger partial charge is 0.276 e. The zero-order chi connectivity index (χ0) is 30.2. The van der Waals surface area contributed by atoms with Crippen molar-refractivity contribution >= 4 is 60.5 Å². The maximum Gasteiger partial charge on any atom is 0.165 e. The molecule has 10 rings (SSSR count). The molecular formula is C36H20N10. The Morgan fingerprint density at radius 2 is 1.07 bits per heavy atom. The molecule has 0 aliphatic carbocycles. The number of benzene rings is 3. The fraction of sp³-hybridized carbons (Fsp3) is 0. The highest BCUT2D eigenvalue weighted by Crippen LogP contribution is 2.37. The predicted octanol–water partition coefficient (Wildman–Crippen LogP) is 5.60. The van der Waals surface area contributed by atoms with Gasteiger partial charge in [-0.05, 0) is 0 Å². The molecule has 7 aromatic heterocycles. The number of hydrogen-bond acceptors (Lipinski definition) is 8. The predicted molar refractivity (Wildman–Crippen MR) is 176 cm³/mol. The van der Waals surface area contributed by atoms with E-state index < -0.39 is 0 Å². The number of rotatable bonds is 3. The second-order valence-electron chi connectivity index (χ2n) is 11.0. The third-order valence-electron chi connectivity index (χ3n) is 8.53. The van der Waals surface area contributed by atoms with E-state index in [9.17, 15) is 0 Å². The quantitative estimate of drug-likeness (QED) is 0.261. The fourth-order valence-electron chi connectivity index (χ4n) is 6.71. The summed E-state index contributed by atoms with van der Waals surface area (Å²) in [7, 11) is 0. The van der Waals surface area contributed by atoms with Crippen LogP contribution in [-0.4, -0.2) is 48.7 Å². The first-order chi connectivity index (χ1) is 22.9. The van der Waals surface area contributed by atoms with Crippen molar-refractivity contribution in [2.45, 2.75) is 0 Å². The molecule has 10 nitrogen and oxygen atoms in total. The summed E-state index contributed by atoms with van der Waals surface area (Å²) in [5.41, 5.74) is 9.39. The molecular weight excluding hydrogens is 572 g/mol. The van der Waals surface area contributed by atoms with Crippen molar-refractivity contribution in [1.82, 2.24) is 48.7 Å². The minimum Gasteiger partial charge on any atom is -0.276 e. The summed E-state index contributed by atoms with van der Waals surface area (Å²) in [6.07, 6.45) is 15.5. The molecule has 0 radical (unpaired) electrons. The summed E-state index contributed by atoms with van der Waals surface area (Å²) in [4.78, 5) is 38.6. The van der Waals surface area contributed by atoms with E-state index >= 15 is 0 Å². The highest BCUT2D eigenvalue weighted by molar-refractivity contribution is 6.22. The van der Waals surface area contributed by atoms with Crippen molar-refractivity contribution in [2.24, 2.45) is 0 Å². The van der Waals surface area contributed by atoms with Crippen LogP contribution in [0.3, 0.4) is 0 Å². The van der Waals surface area contributed by atoms with Crippen LogP contribution in [0, 0.1) is 0 Å². The van der Waals surface area contributed by atoms with E-state index in [2.05, 4.69) is 55.2 Å². The van der Waals surface area contributed by atoms with E-state index in [1.54, 1.807) is 49.6 Å². The molecule has 0 atom stereocenters. The topological polar surface area (TPSA) is 112 Å². The molecule has 46 heavy (non-hydrogen) atoms. The van der Waals surface area contributed by atoms with Gasteiger partial charge in [0.15, 0.2) is 11.3 Å². The normalized spacial score (nSPS) is 11.9. The van der Waals surface area contributed by atoms with Crippen molar-refractivity contribution in [2.75, 3.05) is 0 Å². The lowest BCUT2D eigenvalue weighted by Crippen LogP contribution is -2.26. The van der Waals surface area contributed by atoms with Gasteiger partial charge in [-0.2, -0.15) is 0 Å². The van der Waals surface area contributed by atoms with Crippen LogP contribution in [0.15, 0.2) is 123 Å². The van der Waals surface area contributed by atoms with Crippen LogP contribution in [0.2, 0.25) is 0 Å². The highest BCUT2D eigenvalue weighted by atomic mass is 15.1. The van der Waals surface area contributed by atoms with Gasteiger partial charge < -0.3 is 0 Å². The Labute approximate surface area is 259 Å². The number of hydrogen-bond donors (Lipinski definition) is 0. The number of aromatic nitrogens is 10. The molecule has 3 aromatic carbocycles. The van der Waals surface area contributed by atoms with Gasteiger partial charge in [-0.1, -0.05) is 66.7 Å². The van der Waals surface area contributed by atoms with Gasteiger partial charge in [0.05, 0.1) is 52.3 Å². The van der Waals surface area contributed by atoms with Gasteiger partial charge in [-0.25, -0.2) is 15.0 Å². The molecule has 0 aliphatic rings. The van der Waals surface area contributed by atoms with Crippen LogP contribution in [0.1, 0.15) is 11.4 Å². The summed E-state index contributed by atoms with van der Waals surface area (Å²) in [5, 5.41) is 4.05. The summed E-state index contributed by atoms with van der Waals surface area (Å²) >= 11 is 0. The zero-order valence-corrected chi connectivity index (χ0v) is 24.0. The Kier molecular flexibility index (Phi) is 5.06. The van der Waals surface area contributed by atoms with Crippen LogP contribution < -0.4 is 5.48 Å². The van der Waals surface area contributed by atoms with E-state index in [1.165, 1.54) is 0 Å². The number of para-hydroxylation sites is 2. The summed E-state index contributed by atoms with van der Waals surface area (Å²) < 4.78 is 4.34. The molecule has 0 fully saturated rings. The maximum absolute atomic E-state index is 5.24. The molecule has 0 unspecified atom stereocenters. The lowest BCUT2D eigenvalue weighted by Gasteiger charge is -2.09. The van der Waals surface area contributed by atoms with E-state index in [0.29, 0.717) is 28.3 Å². The molecule has 0 spiro atoms. The van der Waals surface area contributed by atoms with Crippen molar-refractivity contribution in [1.29, 1.82) is 0 Å². The molecule has 0 saturated carbocycles. The fourth-order valence-corrected chi connectivity index (χ4v) is 6.71. The average Bonchev–Trinajstić information content (AvgIpc) is 3.60. The molecule has 0 N–H and O–H groups in total. The van der Waals surface area contributed by atoms with Gasteiger partial charge >= 0.3 is 0 Å². The van der Waals surface area contributed by atoms with Crippen LogP contribution in [0.4, 0.5) is 0 Å². The summed E-state index contributed by atoms with van der Waals surface area (Å²) in [6, 6.07) is 22.8. The third kappa shape index (κ3) is 3.34. The van der Waals surface area contributed by atoms with Crippen molar-refractivity contribution < 1.29 is 0 Å². The molecule has 0 bridgehead atoms. The SMILES string of the molecule is c1ccc(-c2cnc3c(n2)c2cccc4c5cccc6c7nccnc7n(c(=C(c7cnccn7)c7cnccn7)n3c42)c56)cc1. The molecule has 10 aromatic rings. The third-order valence-corrected chi connectivity index (χ3v) is 8.53. The van der Waals surface area contributed by atoms with Gasteiger partial charge in [0.1, 0.15) is 16.5 Å². The minimum absolute atomic E-state index is 0.623. The van der Waals surface area contributed by atoms with E-state index in [0.717, 1.165) is 60.3 Å². The van der Waals surface area contributed by atoms with Gasteiger partial charge in [0.25, 0.3) is 0 Å². The first-order valence-corrected chi connectivity index (χ1v) is 14.7.